The van der Waals surface area contributed by atoms with E-state index in [2.05, 4.69) is 30.1 Å². The van der Waals surface area contributed by atoms with Crippen molar-refractivity contribution in [1.82, 2.24) is 4.90 Å². The van der Waals surface area contributed by atoms with Crippen molar-refractivity contribution in [3.05, 3.63) is 51.2 Å². The number of hydrogen-bond acceptors (Lipinski definition) is 4. The molecule has 21 heavy (non-hydrogen) atoms. The van der Waals surface area contributed by atoms with Crippen molar-refractivity contribution >= 4 is 22.9 Å². The van der Waals surface area contributed by atoms with Gasteiger partial charge in [0.25, 0.3) is 0 Å². The highest BCUT2D eigenvalue weighted by atomic mass is 35.5. The molecule has 114 valence electrons. The maximum absolute atomic E-state index is 6.19. The normalized spacial score (nSPS) is 14.2. The molecular formula is C16H21ClN2OS. The van der Waals surface area contributed by atoms with E-state index in [0.29, 0.717) is 0 Å². The molecule has 0 amide bonds. The standard InChI is InChI=1S/C16H21ClN2OS/c1-11(18)16(14-7-8-15(17)21-14)19(2)10-12-5-4-6-13(9-12)20-3/h4-9,11,16H,10,18H2,1-3H3. The van der Waals surface area contributed by atoms with Gasteiger partial charge >= 0.3 is 0 Å². The van der Waals surface area contributed by atoms with Crippen molar-refractivity contribution in [3.63, 3.8) is 0 Å². The molecule has 0 saturated heterocycles. The molecule has 0 fully saturated rings. The number of nitrogens with two attached hydrogens (primary N) is 1. The third-order valence-electron chi connectivity index (χ3n) is 3.42. The number of nitrogens with zero attached hydrogens (tertiary/aromatic N) is 1. The van der Waals surface area contributed by atoms with Crippen LogP contribution < -0.4 is 10.5 Å². The van der Waals surface area contributed by atoms with Crippen LogP contribution >= 0.6 is 22.9 Å². The molecule has 2 unspecified atom stereocenters. The van der Waals surface area contributed by atoms with E-state index >= 15 is 0 Å². The van der Waals surface area contributed by atoms with Gasteiger partial charge in [-0.3, -0.25) is 4.90 Å². The maximum atomic E-state index is 6.19. The Kier molecular flexibility index (Phi) is 5.65. The van der Waals surface area contributed by atoms with Crippen molar-refractivity contribution in [2.75, 3.05) is 14.2 Å². The Balaban J connectivity index is 2.17. The smallest absolute Gasteiger partial charge is 0.119 e. The quantitative estimate of drug-likeness (QED) is 0.875. The van der Waals surface area contributed by atoms with Gasteiger partial charge in [-0.05, 0) is 43.8 Å². The molecule has 0 aliphatic heterocycles. The van der Waals surface area contributed by atoms with Crippen LogP contribution in [0.1, 0.15) is 23.4 Å². The zero-order valence-corrected chi connectivity index (χ0v) is 14.1. The molecule has 0 radical (unpaired) electrons. The minimum atomic E-state index is 0.0234. The van der Waals surface area contributed by atoms with Gasteiger partial charge in [-0.2, -0.15) is 0 Å². The van der Waals surface area contributed by atoms with Gasteiger partial charge in [-0.15, -0.1) is 11.3 Å². The number of likely N-dealkylation sites (N-methyl/N-ethyl adjacent to an activating group) is 1. The predicted octanol–water partition coefficient (Wildman–Crippen LogP) is 3.93. The summed E-state index contributed by atoms with van der Waals surface area (Å²) in [5.41, 5.74) is 7.39. The summed E-state index contributed by atoms with van der Waals surface area (Å²) in [5.74, 6) is 0.873. The minimum absolute atomic E-state index is 0.0234. The summed E-state index contributed by atoms with van der Waals surface area (Å²) in [7, 11) is 3.77. The molecule has 2 rings (SSSR count). The Labute approximate surface area is 135 Å². The van der Waals surface area contributed by atoms with Crippen LogP contribution in [0.15, 0.2) is 36.4 Å². The Morgan fingerprint density at radius 3 is 2.67 bits per heavy atom. The van der Waals surface area contributed by atoms with Crippen LogP contribution in [0.3, 0.4) is 0 Å². The van der Waals surface area contributed by atoms with E-state index in [9.17, 15) is 0 Å². The van der Waals surface area contributed by atoms with Crippen molar-refractivity contribution in [2.24, 2.45) is 5.73 Å². The molecule has 0 aliphatic carbocycles. The van der Waals surface area contributed by atoms with Crippen LogP contribution in [0, 0.1) is 0 Å². The van der Waals surface area contributed by atoms with Gasteiger partial charge in [-0.25, -0.2) is 0 Å². The fourth-order valence-corrected chi connectivity index (χ4v) is 3.87. The first-order chi connectivity index (χ1) is 10.0. The molecule has 2 atom stereocenters. The van der Waals surface area contributed by atoms with E-state index < -0.39 is 0 Å². The number of rotatable bonds is 6. The number of benzene rings is 1. The minimum Gasteiger partial charge on any atom is -0.497 e. The highest BCUT2D eigenvalue weighted by molar-refractivity contribution is 7.16. The molecule has 0 aliphatic rings. The topological polar surface area (TPSA) is 38.5 Å². The maximum Gasteiger partial charge on any atom is 0.119 e. The zero-order valence-electron chi connectivity index (χ0n) is 12.5. The van der Waals surface area contributed by atoms with Crippen LogP contribution in [-0.2, 0) is 6.54 Å². The molecule has 1 heterocycles. The van der Waals surface area contributed by atoms with Gasteiger partial charge in [0, 0.05) is 17.5 Å². The van der Waals surface area contributed by atoms with Gasteiger partial charge in [0.2, 0.25) is 0 Å². The summed E-state index contributed by atoms with van der Waals surface area (Å²) in [5, 5.41) is 0. The first-order valence-electron chi connectivity index (χ1n) is 6.85. The SMILES string of the molecule is COc1cccc(CN(C)C(c2ccc(Cl)s2)C(C)N)c1. The lowest BCUT2D eigenvalue weighted by Gasteiger charge is -2.30. The van der Waals surface area contributed by atoms with Gasteiger partial charge in [0.1, 0.15) is 5.75 Å². The molecule has 2 N–H and O–H groups in total. The van der Waals surface area contributed by atoms with Crippen molar-refractivity contribution in [1.29, 1.82) is 0 Å². The molecule has 2 aromatic rings. The summed E-state index contributed by atoms with van der Waals surface area (Å²) in [4.78, 5) is 3.45. The van der Waals surface area contributed by atoms with E-state index in [1.54, 1.807) is 18.4 Å². The number of halogens is 1. The second-order valence-corrected chi connectivity index (χ2v) is 6.96. The van der Waals surface area contributed by atoms with Gasteiger partial charge in [-0.1, -0.05) is 23.7 Å². The van der Waals surface area contributed by atoms with E-state index in [1.165, 1.54) is 10.4 Å². The van der Waals surface area contributed by atoms with E-state index in [0.717, 1.165) is 16.6 Å². The number of ether oxygens (including phenoxy) is 1. The zero-order chi connectivity index (χ0) is 15.4. The second-order valence-electron chi connectivity index (χ2n) is 5.21. The summed E-state index contributed by atoms with van der Waals surface area (Å²) < 4.78 is 6.07. The van der Waals surface area contributed by atoms with Gasteiger partial charge < -0.3 is 10.5 Å². The Bertz CT molecular complexity index is 585. The lowest BCUT2D eigenvalue weighted by molar-refractivity contribution is 0.214. The largest absolute Gasteiger partial charge is 0.497 e. The third-order valence-corrected chi connectivity index (χ3v) is 4.73. The Hall–Kier alpha value is -1.07. The number of hydrogen-bond donors (Lipinski definition) is 1. The van der Waals surface area contributed by atoms with E-state index in [4.69, 9.17) is 22.1 Å². The molecule has 0 saturated carbocycles. The van der Waals surface area contributed by atoms with Crippen LogP contribution in [0.2, 0.25) is 4.34 Å². The Morgan fingerprint density at radius 2 is 2.10 bits per heavy atom. The number of methoxy groups -OCH3 is 1. The van der Waals surface area contributed by atoms with Crippen molar-refractivity contribution in [3.8, 4) is 5.75 Å². The molecule has 5 heteroatoms. The summed E-state index contributed by atoms with van der Waals surface area (Å²) in [6.45, 7) is 2.83. The fourth-order valence-electron chi connectivity index (χ4n) is 2.52. The average Bonchev–Trinajstić information content (AvgIpc) is 2.84. The van der Waals surface area contributed by atoms with Gasteiger partial charge in [0.05, 0.1) is 17.5 Å². The average molecular weight is 325 g/mol. The molecule has 0 bridgehead atoms. The van der Waals surface area contributed by atoms with Crippen molar-refractivity contribution < 1.29 is 4.74 Å². The summed E-state index contributed by atoms with van der Waals surface area (Å²) in [6, 6.07) is 12.3. The van der Waals surface area contributed by atoms with Crippen LogP contribution in [0.25, 0.3) is 0 Å². The first kappa shape index (κ1) is 16.3. The number of thiophene rings is 1. The molecule has 3 nitrogen and oxygen atoms in total. The van der Waals surface area contributed by atoms with Crippen molar-refractivity contribution in [2.45, 2.75) is 25.6 Å². The van der Waals surface area contributed by atoms with Crippen LogP contribution in [0.4, 0.5) is 0 Å². The first-order valence-corrected chi connectivity index (χ1v) is 8.04. The highest BCUT2D eigenvalue weighted by Gasteiger charge is 2.23. The van der Waals surface area contributed by atoms with Crippen LogP contribution in [-0.4, -0.2) is 25.1 Å². The molecule has 1 aromatic carbocycles. The lowest BCUT2D eigenvalue weighted by atomic mass is 10.1. The van der Waals surface area contributed by atoms with Crippen LogP contribution in [0.5, 0.6) is 5.75 Å². The van der Waals surface area contributed by atoms with Gasteiger partial charge in [0.15, 0.2) is 0 Å². The monoisotopic (exact) mass is 324 g/mol. The Morgan fingerprint density at radius 1 is 1.33 bits per heavy atom. The second kappa shape index (κ2) is 7.27. The fraction of sp³-hybridized carbons (Fsp3) is 0.375. The van der Waals surface area contributed by atoms with E-state index in [1.807, 2.05) is 25.1 Å². The predicted molar refractivity (Wildman–Crippen MR) is 90.2 cm³/mol. The lowest BCUT2D eigenvalue weighted by Crippen LogP contribution is -2.36. The molecule has 0 spiro atoms. The highest BCUT2D eigenvalue weighted by Crippen LogP contribution is 2.32. The molecular weight excluding hydrogens is 304 g/mol. The summed E-state index contributed by atoms with van der Waals surface area (Å²) >= 11 is 7.65. The molecule has 1 aromatic heterocycles. The van der Waals surface area contributed by atoms with E-state index in [-0.39, 0.29) is 12.1 Å². The third kappa shape index (κ3) is 4.20. The summed E-state index contributed by atoms with van der Waals surface area (Å²) in [6.07, 6.45) is 0.